The highest BCUT2D eigenvalue weighted by molar-refractivity contribution is 5.94. The van der Waals surface area contributed by atoms with Crippen LogP contribution in [0.5, 0.6) is 11.5 Å². The Morgan fingerprint density at radius 3 is 2.29 bits per heavy atom. The fraction of sp³-hybridized carbons (Fsp3) is 0.417. The van der Waals surface area contributed by atoms with Gasteiger partial charge in [0.25, 0.3) is 5.91 Å². The minimum atomic E-state index is -0.518. The third kappa shape index (κ3) is 6.20. The smallest absolute Gasteiger partial charge is 0.256 e. The first-order chi connectivity index (χ1) is 15.1. The average Bonchev–Trinajstić information content (AvgIpc) is 3.04. The first-order valence-electron chi connectivity index (χ1n) is 10.8. The molecule has 166 valence electrons. The lowest BCUT2D eigenvalue weighted by Crippen LogP contribution is -2.37. The van der Waals surface area contributed by atoms with E-state index in [1.165, 1.54) is 12.1 Å². The largest absolute Gasteiger partial charge is 0.490 e. The number of hydrogen-bond acceptors (Lipinski definition) is 4. The van der Waals surface area contributed by atoms with Crippen molar-refractivity contribution in [3.63, 3.8) is 0 Å². The summed E-state index contributed by atoms with van der Waals surface area (Å²) in [5, 5.41) is 0. The molecule has 2 amide bonds. The van der Waals surface area contributed by atoms with Crippen LogP contribution in [-0.4, -0.2) is 61.0 Å². The number of para-hydroxylation sites is 2. The molecule has 1 aliphatic rings. The normalized spacial score (nSPS) is 14.1. The first kappa shape index (κ1) is 22.6. The number of carbonyl (C=O) groups is 2. The Bertz CT molecular complexity index is 889. The predicted molar refractivity (Wildman–Crippen MR) is 116 cm³/mol. The van der Waals surface area contributed by atoms with E-state index in [9.17, 15) is 14.0 Å². The van der Waals surface area contributed by atoms with Crippen LogP contribution >= 0.6 is 0 Å². The zero-order chi connectivity index (χ0) is 22.1. The number of ether oxygens (including phenoxy) is 2. The van der Waals surface area contributed by atoms with E-state index >= 15 is 0 Å². The molecule has 7 heteroatoms. The Morgan fingerprint density at radius 1 is 0.903 bits per heavy atom. The summed E-state index contributed by atoms with van der Waals surface area (Å²) in [5.74, 6) is 0.573. The van der Waals surface area contributed by atoms with Gasteiger partial charge in [0.15, 0.2) is 11.5 Å². The summed E-state index contributed by atoms with van der Waals surface area (Å²) in [4.78, 5) is 28.6. The van der Waals surface area contributed by atoms with Crippen LogP contribution in [0.4, 0.5) is 4.39 Å². The number of benzene rings is 2. The van der Waals surface area contributed by atoms with Gasteiger partial charge >= 0.3 is 0 Å². The van der Waals surface area contributed by atoms with Crippen molar-refractivity contribution in [2.24, 2.45) is 0 Å². The summed E-state index contributed by atoms with van der Waals surface area (Å²) in [6.45, 7) is 4.85. The molecule has 31 heavy (non-hydrogen) atoms. The van der Waals surface area contributed by atoms with Crippen molar-refractivity contribution in [2.75, 3.05) is 39.4 Å². The van der Waals surface area contributed by atoms with Gasteiger partial charge in [0.05, 0.1) is 18.8 Å². The lowest BCUT2D eigenvalue weighted by molar-refractivity contribution is -0.131. The summed E-state index contributed by atoms with van der Waals surface area (Å²) in [6, 6.07) is 13.5. The highest BCUT2D eigenvalue weighted by Crippen LogP contribution is 2.26. The molecule has 1 heterocycles. The number of rotatable bonds is 8. The van der Waals surface area contributed by atoms with Gasteiger partial charge in [-0.25, -0.2) is 4.39 Å². The molecular formula is C24H29FN2O4. The number of halogens is 1. The maximum atomic E-state index is 13.9. The van der Waals surface area contributed by atoms with Crippen molar-refractivity contribution in [3.8, 4) is 11.5 Å². The number of amides is 2. The summed E-state index contributed by atoms with van der Waals surface area (Å²) < 4.78 is 25.2. The lowest BCUT2D eigenvalue weighted by Gasteiger charge is -2.22. The Balaban J connectivity index is 1.45. The van der Waals surface area contributed by atoms with E-state index in [0.29, 0.717) is 70.2 Å². The minimum Gasteiger partial charge on any atom is -0.490 e. The van der Waals surface area contributed by atoms with Gasteiger partial charge < -0.3 is 19.3 Å². The third-order valence-corrected chi connectivity index (χ3v) is 5.18. The van der Waals surface area contributed by atoms with Gasteiger partial charge in [-0.3, -0.25) is 9.59 Å². The quantitative estimate of drug-likeness (QED) is 0.601. The van der Waals surface area contributed by atoms with Gasteiger partial charge in [-0.1, -0.05) is 24.3 Å². The van der Waals surface area contributed by atoms with Crippen molar-refractivity contribution in [1.82, 2.24) is 9.80 Å². The molecule has 0 radical (unpaired) electrons. The van der Waals surface area contributed by atoms with E-state index in [0.717, 1.165) is 0 Å². The van der Waals surface area contributed by atoms with Crippen molar-refractivity contribution in [1.29, 1.82) is 0 Å². The van der Waals surface area contributed by atoms with Crippen molar-refractivity contribution < 1.29 is 23.5 Å². The maximum Gasteiger partial charge on any atom is 0.256 e. The highest BCUT2D eigenvalue weighted by Gasteiger charge is 2.24. The molecular weight excluding hydrogens is 399 g/mol. The van der Waals surface area contributed by atoms with E-state index in [-0.39, 0.29) is 17.4 Å². The van der Waals surface area contributed by atoms with E-state index in [4.69, 9.17) is 9.47 Å². The summed E-state index contributed by atoms with van der Waals surface area (Å²) in [5.41, 5.74) is 0.0757. The SMILES string of the molecule is CCOc1ccccc1OCCCC(=O)N1CCCN(C(=O)c2ccccc2F)CC1. The van der Waals surface area contributed by atoms with Crippen LogP contribution in [0.1, 0.15) is 36.5 Å². The molecule has 0 aromatic heterocycles. The highest BCUT2D eigenvalue weighted by atomic mass is 19.1. The van der Waals surface area contributed by atoms with Gasteiger partial charge in [0.2, 0.25) is 5.91 Å². The Labute approximate surface area is 182 Å². The van der Waals surface area contributed by atoms with Crippen LogP contribution in [0.3, 0.4) is 0 Å². The Hall–Kier alpha value is -3.09. The van der Waals surface area contributed by atoms with Crippen LogP contribution in [0.15, 0.2) is 48.5 Å². The van der Waals surface area contributed by atoms with Gasteiger partial charge in [-0.2, -0.15) is 0 Å². The molecule has 2 aromatic carbocycles. The standard InChI is InChI=1S/C24H29FN2O4/c1-2-30-21-11-5-6-12-22(21)31-18-7-13-23(28)26-14-8-15-27(17-16-26)24(29)19-9-3-4-10-20(19)25/h3-6,9-12H,2,7-8,13-18H2,1H3. The van der Waals surface area contributed by atoms with Crippen molar-refractivity contribution in [2.45, 2.75) is 26.2 Å². The molecule has 0 unspecified atom stereocenters. The van der Waals surface area contributed by atoms with E-state index in [2.05, 4.69) is 0 Å². The van der Waals surface area contributed by atoms with Gasteiger partial charge in [-0.05, 0) is 44.0 Å². The molecule has 0 aliphatic carbocycles. The number of hydrogen-bond donors (Lipinski definition) is 0. The van der Waals surface area contributed by atoms with Crippen LogP contribution in [0.25, 0.3) is 0 Å². The first-order valence-corrected chi connectivity index (χ1v) is 10.8. The van der Waals surface area contributed by atoms with Crippen LogP contribution in [0.2, 0.25) is 0 Å². The molecule has 0 N–H and O–H groups in total. The molecule has 3 rings (SSSR count). The second-order valence-electron chi connectivity index (χ2n) is 7.34. The van der Waals surface area contributed by atoms with Gasteiger partial charge in [-0.15, -0.1) is 0 Å². The molecule has 0 saturated carbocycles. The van der Waals surface area contributed by atoms with Gasteiger partial charge in [0.1, 0.15) is 5.82 Å². The molecule has 6 nitrogen and oxygen atoms in total. The molecule has 1 fully saturated rings. The topological polar surface area (TPSA) is 59.1 Å². The predicted octanol–water partition coefficient (Wildman–Crippen LogP) is 3.76. The van der Waals surface area contributed by atoms with Crippen molar-refractivity contribution >= 4 is 11.8 Å². The monoisotopic (exact) mass is 428 g/mol. The summed E-state index contributed by atoms with van der Waals surface area (Å²) >= 11 is 0. The molecule has 0 atom stereocenters. The third-order valence-electron chi connectivity index (χ3n) is 5.18. The molecule has 2 aromatic rings. The minimum absolute atomic E-state index is 0.0434. The van der Waals surface area contributed by atoms with E-state index in [1.807, 2.05) is 31.2 Å². The van der Waals surface area contributed by atoms with Crippen LogP contribution in [-0.2, 0) is 4.79 Å². The number of nitrogens with zero attached hydrogens (tertiary/aromatic N) is 2. The zero-order valence-electron chi connectivity index (χ0n) is 17.9. The Kier molecular flexibility index (Phi) is 8.27. The molecule has 1 aliphatic heterocycles. The second-order valence-corrected chi connectivity index (χ2v) is 7.34. The maximum absolute atomic E-state index is 13.9. The lowest BCUT2D eigenvalue weighted by atomic mass is 10.2. The fourth-order valence-electron chi connectivity index (χ4n) is 3.58. The fourth-order valence-corrected chi connectivity index (χ4v) is 3.58. The summed E-state index contributed by atoms with van der Waals surface area (Å²) in [6.07, 6.45) is 1.63. The second kappa shape index (κ2) is 11.3. The zero-order valence-corrected chi connectivity index (χ0v) is 17.9. The number of carbonyl (C=O) groups excluding carboxylic acids is 2. The van der Waals surface area contributed by atoms with Crippen LogP contribution in [0, 0.1) is 5.82 Å². The molecule has 0 spiro atoms. The Morgan fingerprint density at radius 2 is 1.55 bits per heavy atom. The molecule has 1 saturated heterocycles. The van der Waals surface area contributed by atoms with Crippen LogP contribution < -0.4 is 9.47 Å². The van der Waals surface area contributed by atoms with E-state index in [1.54, 1.807) is 21.9 Å². The summed E-state index contributed by atoms with van der Waals surface area (Å²) in [7, 11) is 0. The molecule has 0 bridgehead atoms. The average molecular weight is 429 g/mol. The van der Waals surface area contributed by atoms with Crippen molar-refractivity contribution in [3.05, 3.63) is 59.9 Å². The van der Waals surface area contributed by atoms with E-state index < -0.39 is 5.82 Å². The van der Waals surface area contributed by atoms with Gasteiger partial charge in [0, 0.05) is 32.6 Å².